The summed E-state index contributed by atoms with van der Waals surface area (Å²) in [7, 11) is 0. The number of ether oxygens (including phenoxy) is 1. The number of carbonyl (C=O) groups is 1. The molecule has 0 fully saturated rings. The molecule has 10 heavy (non-hydrogen) atoms. The maximum atomic E-state index is 9.89. The Kier molecular flexibility index (Phi) is 3.56. The van der Waals surface area contributed by atoms with Crippen molar-refractivity contribution in [2.24, 2.45) is 0 Å². The van der Waals surface area contributed by atoms with E-state index in [4.69, 9.17) is 0 Å². The highest BCUT2D eigenvalue weighted by Crippen LogP contribution is 2.04. The van der Waals surface area contributed by atoms with Crippen LogP contribution in [0.25, 0.3) is 0 Å². The molecule has 2 heteroatoms. The lowest BCUT2D eigenvalue weighted by atomic mass is 10.1. The summed E-state index contributed by atoms with van der Waals surface area (Å²) in [6, 6.07) is 0. The van der Waals surface area contributed by atoms with Gasteiger partial charge >= 0.3 is 0 Å². The van der Waals surface area contributed by atoms with Crippen LogP contribution in [0, 0.1) is 11.8 Å². The van der Waals surface area contributed by atoms with Gasteiger partial charge in [0.15, 0.2) is 5.60 Å². The lowest BCUT2D eigenvalue weighted by molar-refractivity contribution is -0.135. The molecule has 0 aliphatic heterocycles. The number of hydrogen-bond acceptors (Lipinski definition) is 2. The first-order valence-electron chi connectivity index (χ1n) is 3.24. The first kappa shape index (κ1) is 9.03. The fourth-order valence-corrected chi connectivity index (χ4v) is 0.451. The maximum absolute atomic E-state index is 9.89. The van der Waals surface area contributed by atoms with Gasteiger partial charge in [0.05, 0.1) is 0 Å². The summed E-state index contributed by atoms with van der Waals surface area (Å²) in [5.74, 6) is 5.65. The minimum Gasteiger partial charge on any atom is -0.449 e. The molecule has 0 N–H and O–H groups in total. The summed E-state index contributed by atoms with van der Waals surface area (Å²) in [6.45, 7) is 5.88. The Morgan fingerprint density at radius 2 is 2.20 bits per heavy atom. The van der Waals surface area contributed by atoms with E-state index in [1.165, 1.54) is 0 Å². The average molecular weight is 140 g/mol. The van der Waals surface area contributed by atoms with E-state index in [0.29, 0.717) is 6.47 Å². The Morgan fingerprint density at radius 3 is 2.60 bits per heavy atom. The van der Waals surface area contributed by atoms with Crippen LogP contribution in [-0.4, -0.2) is 12.1 Å². The molecule has 0 unspecified atom stereocenters. The molecule has 0 aromatic heterocycles. The second-order valence-electron chi connectivity index (χ2n) is 2.38. The van der Waals surface area contributed by atoms with Crippen molar-refractivity contribution in [3.8, 4) is 11.8 Å². The summed E-state index contributed by atoms with van der Waals surface area (Å²) < 4.78 is 4.68. The summed E-state index contributed by atoms with van der Waals surface area (Å²) in [5, 5.41) is 0. The molecule has 0 aliphatic rings. The van der Waals surface area contributed by atoms with Crippen LogP contribution in [0.3, 0.4) is 0 Å². The maximum Gasteiger partial charge on any atom is 0.294 e. The summed E-state index contributed by atoms with van der Waals surface area (Å²) in [5.41, 5.74) is -0.627. The predicted octanol–water partition coefficient (Wildman–Crippen LogP) is 1.35. The monoisotopic (exact) mass is 140 g/mol. The molecule has 56 valence electrons. The predicted molar refractivity (Wildman–Crippen MR) is 39.3 cm³/mol. The fraction of sp³-hybridized carbons (Fsp3) is 0.625. The van der Waals surface area contributed by atoms with E-state index in [9.17, 15) is 4.79 Å². The Labute approximate surface area is 61.6 Å². The molecule has 0 aromatic rings. The normalized spacial score (nSPS) is 9.50. The van der Waals surface area contributed by atoms with Crippen LogP contribution in [0.5, 0.6) is 0 Å². The van der Waals surface area contributed by atoms with Gasteiger partial charge in [-0.05, 0) is 13.8 Å². The smallest absolute Gasteiger partial charge is 0.294 e. The minimum absolute atomic E-state index is 0.421. The molecule has 0 bridgehead atoms. The molecular weight excluding hydrogens is 128 g/mol. The summed E-state index contributed by atoms with van der Waals surface area (Å²) >= 11 is 0. The molecule has 0 amide bonds. The molecule has 0 aromatic carbocycles. The van der Waals surface area contributed by atoms with Gasteiger partial charge in [-0.1, -0.05) is 18.8 Å². The van der Waals surface area contributed by atoms with Crippen LogP contribution in [0.1, 0.15) is 27.2 Å². The van der Waals surface area contributed by atoms with Gasteiger partial charge in [0.2, 0.25) is 0 Å². The molecule has 0 radical (unpaired) electrons. The Morgan fingerprint density at radius 1 is 1.60 bits per heavy atom. The molecule has 0 atom stereocenters. The van der Waals surface area contributed by atoms with Crippen molar-refractivity contribution in [3.63, 3.8) is 0 Å². The van der Waals surface area contributed by atoms with Gasteiger partial charge in [-0.25, -0.2) is 0 Å². The van der Waals surface area contributed by atoms with Crippen molar-refractivity contribution in [1.82, 2.24) is 0 Å². The Hall–Kier alpha value is -0.970. The highest BCUT2D eigenvalue weighted by Gasteiger charge is 2.13. The van der Waals surface area contributed by atoms with Gasteiger partial charge in [-0.15, -0.1) is 0 Å². The van der Waals surface area contributed by atoms with Gasteiger partial charge in [0, 0.05) is 6.42 Å². The van der Waals surface area contributed by atoms with E-state index in [2.05, 4.69) is 16.6 Å². The van der Waals surface area contributed by atoms with Gasteiger partial charge in [0.1, 0.15) is 0 Å². The first-order chi connectivity index (χ1) is 4.62. The second kappa shape index (κ2) is 3.94. The van der Waals surface area contributed by atoms with Crippen LogP contribution in [0.15, 0.2) is 0 Å². The van der Waals surface area contributed by atoms with Crippen molar-refractivity contribution in [3.05, 3.63) is 0 Å². The van der Waals surface area contributed by atoms with Gasteiger partial charge in [-0.3, -0.25) is 4.79 Å². The van der Waals surface area contributed by atoms with E-state index in [1.807, 2.05) is 6.92 Å². The molecule has 2 nitrogen and oxygen atoms in total. The quantitative estimate of drug-likeness (QED) is 0.427. The minimum atomic E-state index is -0.627. The molecule has 0 saturated heterocycles. The number of carbonyl (C=O) groups excluding carboxylic acids is 1. The van der Waals surface area contributed by atoms with Crippen LogP contribution in [0.2, 0.25) is 0 Å². The van der Waals surface area contributed by atoms with Crippen molar-refractivity contribution in [2.75, 3.05) is 0 Å². The zero-order valence-electron chi connectivity index (χ0n) is 6.60. The Balaban J connectivity index is 3.97. The molecule has 0 rings (SSSR count). The third kappa shape index (κ3) is 3.96. The van der Waals surface area contributed by atoms with Crippen LogP contribution in [0.4, 0.5) is 0 Å². The van der Waals surface area contributed by atoms with Gasteiger partial charge in [-0.2, -0.15) is 0 Å². The third-order valence-corrected chi connectivity index (χ3v) is 0.909. The topological polar surface area (TPSA) is 26.3 Å². The van der Waals surface area contributed by atoms with E-state index in [-0.39, 0.29) is 0 Å². The summed E-state index contributed by atoms with van der Waals surface area (Å²) in [4.78, 5) is 9.89. The van der Waals surface area contributed by atoms with Crippen molar-refractivity contribution >= 4 is 6.47 Å². The zero-order valence-corrected chi connectivity index (χ0v) is 6.60. The average Bonchev–Trinajstić information content (AvgIpc) is 1.84. The largest absolute Gasteiger partial charge is 0.449 e. The first-order valence-corrected chi connectivity index (χ1v) is 3.24. The van der Waals surface area contributed by atoms with E-state index in [0.717, 1.165) is 6.42 Å². The van der Waals surface area contributed by atoms with Crippen molar-refractivity contribution in [1.29, 1.82) is 0 Å². The van der Waals surface area contributed by atoms with Gasteiger partial charge in [0.25, 0.3) is 6.47 Å². The SMILES string of the molecule is CCC#CC(C)(C)OC=O. The van der Waals surface area contributed by atoms with Gasteiger partial charge < -0.3 is 4.74 Å². The Bertz CT molecular complexity index is 160. The van der Waals surface area contributed by atoms with Crippen LogP contribution in [-0.2, 0) is 9.53 Å². The van der Waals surface area contributed by atoms with E-state index < -0.39 is 5.60 Å². The lowest BCUT2D eigenvalue weighted by Crippen LogP contribution is -2.20. The number of rotatable bonds is 2. The van der Waals surface area contributed by atoms with Crippen molar-refractivity contribution < 1.29 is 9.53 Å². The van der Waals surface area contributed by atoms with Crippen molar-refractivity contribution in [2.45, 2.75) is 32.8 Å². The lowest BCUT2D eigenvalue weighted by Gasteiger charge is -2.13. The van der Waals surface area contributed by atoms with E-state index in [1.54, 1.807) is 13.8 Å². The second-order valence-corrected chi connectivity index (χ2v) is 2.38. The van der Waals surface area contributed by atoms with E-state index >= 15 is 0 Å². The molecule has 0 aliphatic carbocycles. The molecule has 0 spiro atoms. The fourth-order valence-electron chi connectivity index (χ4n) is 0.451. The highest BCUT2D eigenvalue weighted by atomic mass is 16.5. The summed E-state index contributed by atoms with van der Waals surface area (Å²) in [6.07, 6.45) is 0.783. The molecule has 0 saturated carbocycles. The standard InChI is InChI=1S/C8H12O2/c1-4-5-6-8(2,3)10-7-9/h7H,4H2,1-3H3. The van der Waals surface area contributed by atoms with Crippen LogP contribution < -0.4 is 0 Å². The number of hydrogen-bond donors (Lipinski definition) is 0. The molecule has 0 heterocycles. The zero-order chi connectivity index (χ0) is 8.04. The third-order valence-electron chi connectivity index (χ3n) is 0.909. The molecular formula is C8H12O2. The highest BCUT2D eigenvalue weighted by molar-refractivity contribution is 5.39. The van der Waals surface area contributed by atoms with Crippen LogP contribution >= 0.6 is 0 Å².